The summed E-state index contributed by atoms with van der Waals surface area (Å²) >= 11 is 0. The molecule has 0 aromatic heterocycles. The zero-order valence-corrected chi connectivity index (χ0v) is 9.47. The van der Waals surface area contributed by atoms with Crippen LogP contribution in [0.2, 0.25) is 0 Å². The van der Waals surface area contributed by atoms with Gasteiger partial charge in [-0.3, -0.25) is 0 Å². The molecule has 14 heavy (non-hydrogen) atoms. The van der Waals surface area contributed by atoms with Gasteiger partial charge in [0.05, 0.1) is 11.2 Å². The first-order valence-corrected chi connectivity index (χ1v) is 5.58. The van der Waals surface area contributed by atoms with Crippen molar-refractivity contribution >= 4 is 0 Å². The first-order chi connectivity index (χ1) is 6.52. The average molecular weight is 192 g/mol. The molecular formula is C13H20O. The molecule has 0 amide bonds. The minimum Gasteiger partial charge on any atom is -0.361 e. The molecule has 0 heterocycles. The molecule has 1 nitrogen and oxygen atoms in total. The van der Waals surface area contributed by atoms with Crippen molar-refractivity contribution in [1.29, 1.82) is 0 Å². The van der Waals surface area contributed by atoms with Crippen LogP contribution in [0.1, 0.15) is 46.5 Å². The molecule has 2 rings (SSSR count). The van der Waals surface area contributed by atoms with Crippen LogP contribution in [0, 0.1) is 0 Å². The van der Waals surface area contributed by atoms with E-state index in [1.54, 1.807) is 0 Å². The van der Waals surface area contributed by atoms with E-state index >= 15 is 0 Å². The van der Waals surface area contributed by atoms with Crippen LogP contribution in [0.3, 0.4) is 0 Å². The summed E-state index contributed by atoms with van der Waals surface area (Å²) < 4.78 is 6.25. The minimum atomic E-state index is -0.0203. The van der Waals surface area contributed by atoms with E-state index < -0.39 is 0 Å². The highest BCUT2D eigenvalue weighted by atomic mass is 16.5. The van der Waals surface area contributed by atoms with Crippen LogP contribution in [-0.2, 0) is 4.74 Å². The predicted molar refractivity (Wildman–Crippen MR) is 59.3 cm³/mol. The Hall–Kier alpha value is -0.560. The third kappa shape index (κ3) is 1.93. The molecule has 0 bridgehead atoms. The van der Waals surface area contributed by atoms with E-state index in [0.717, 1.165) is 19.3 Å². The Labute approximate surface area is 86.8 Å². The number of rotatable bonds is 2. The monoisotopic (exact) mass is 192 g/mol. The highest BCUT2D eigenvalue weighted by molar-refractivity contribution is 5.18. The van der Waals surface area contributed by atoms with E-state index in [9.17, 15) is 0 Å². The standard InChI is InChI=1S/C13H20O/c1-11-6-9-13(3,10-11)14-12(2)7-4-5-8-12/h4,7,10H,5-6,8-9H2,1-3H3. The lowest BCUT2D eigenvalue weighted by Crippen LogP contribution is -2.36. The molecule has 2 aliphatic carbocycles. The van der Waals surface area contributed by atoms with Crippen LogP contribution in [0.15, 0.2) is 23.8 Å². The van der Waals surface area contributed by atoms with Gasteiger partial charge in [0.15, 0.2) is 0 Å². The Morgan fingerprint density at radius 1 is 1.21 bits per heavy atom. The minimum absolute atomic E-state index is 0.0180. The number of allylic oxidation sites excluding steroid dienone is 2. The molecular weight excluding hydrogens is 172 g/mol. The van der Waals surface area contributed by atoms with Gasteiger partial charge in [-0.05, 0) is 46.5 Å². The fraction of sp³-hybridized carbons (Fsp3) is 0.692. The number of hydrogen-bond donors (Lipinski definition) is 0. The zero-order chi connectivity index (χ0) is 10.2. The fourth-order valence-corrected chi connectivity index (χ4v) is 2.60. The number of ether oxygens (including phenoxy) is 1. The van der Waals surface area contributed by atoms with Crippen molar-refractivity contribution in [2.45, 2.75) is 57.7 Å². The van der Waals surface area contributed by atoms with Gasteiger partial charge < -0.3 is 4.74 Å². The normalized spacial score (nSPS) is 41.8. The Morgan fingerprint density at radius 3 is 2.50 bits per heavy atom. The summed E-state index contributed by atoms with van der Waals surface area (Å²) in [6.07, 6.45) is 11.4. The summed E-state index contributed by atoms with van der Waals surface area (Å²) in [5.74, 6) is 0. The molecule has 2 aliphatic rings. The lowest BCUT2D eigenvalue weighted by atomic mass is 10.0. The van der Waals surface area contributed by atoms with Crippen LogP contribution in [0.5, 0.6) is 0 Å². The van der Waals surface area contributed by atoms with Crippen LogP contribution in [-0.4, -0.2) is 11.2 Å². The maximum absolute atomic E-state index is 6.25. The molecule has 0 N–H and O–H groups in total. The van der Waals surface area contributed by atoms with Crippen LogP contribution < -0.4 is 0 Å². The molecule has 0 spiro atoms. The van der Waals surface area contributed by atoms with Crippen molar-refractivity contribution in [3.8, 4) is 0 Å². The topological polar surface area (TPSA) is 9.23 Å². The first-order valence-electron chi connectivity index (χ1n) is 5.58. The number of hydrogen-bond acceptors (Lipinski definition) is 1. The van der Waals surface area contributed by atoms with E-state index in [0.29, 0.717) is 0 Å². The molecule has 2 atom stereocenters. The Bertz CT molecular complexity index is 290. The Balaban J connectivity index is 2.07. The highest BCUT2D eigenvalue weighted by Crippen LogP contribution is 2.38. The summed E-state index contributed by atoms with van der Waals surface area (Å²) in [6.45, 7) is 6.60. The van der Waals surface area contributed by atoms with Gasteiger partial charge in [-0.15, -0.1) is 0 Å². The summed E-state index contributed by atoms with van der Waals surface area (Å²) in [5, 5.41) is 0. The summed E-state index contributed by atoms with van der Waals surface area (Å²) in [6, 6.07) is 0. The second-order valence-corrected chi connectivity index (χ2v) is 5.16. The van der Waals surface area contributed by atoms with Crippen LogP contribution >= 0.6 is 0 Å². The SMILES string of the molecule is CC1=CC(C)(OC2(C)C=CCC2)CC1. The largest absolute Gasteiger partial charge is 0.361 e. The summed E-state index contributed by atoms with van der Waals surface area (Å²) in [7, 11) is 0. The summed E-state index contributed by atoms with van der Waals surface area (Å²) in [5.41, 5.74) is 1.43. The Morgan fingerprint density at radius 2 is 2.00 bits per heavy atom. The van der Waals surface area contributed by atoms with Crippen molar-refractivity contribution in [2.24, 2.45) is 0 Å². The van der Waals surface area contributed by atoms with E-state index in [4.69, 9.17) is 4.74 Å². The van der Waals surface area contributed by atoms with Gasteiger partial charge in [0.25, 0.3) is 0 Å². The molecule has 0 aromatic carbocycles. The third-order valence-corrected chi connectivity index (χ3v) is 3.31. The van der Waals surface area contributed by atoms with Crippen molar-refractivity contribution in [3.63, 3.8) is 0 Å². The van der Waals surface area contributed by atoms with Gasteiger partial charge in [0.2, 0.25) is 0 Å². The fourth-order valence-electron chi connectivity index (χ4n) is 2.60. The quantitative estimate of drug-likeness (QED) is 0.607. The molecule has 2 unspecified atom stereocenters. The van der Waals surface area contributed by atoms with Crippen molar-refractivity contribution in [1.82, 2.24) is 0 Å². The first kappa shape index (κ1) is 9.97. The molecule has 1 heteroatoms. The molecule has 0 radical (unpaired) electrons. The highest BCUT2D eigenvalue weighted by Gasteiger charge is 2.36. The van der Waals surface area contributed by atoms with E-state index in [2.05, 4.69) is 39.0 Å². The molecule has 78 valence electrons. The summed E-state index contributed by atoms with van der Waals surface area (Å²) in [4.78, 5) is 0. The maximum Gasteiger partial charge on any atom is 0.0851 e. The van der Waals surface area contributed by atoms with Crippen LogP contribution in [0.4, 0.5) is 0 Å². The lowest BCUT2D eigenvalue weighted by molar-refractivity contribution is -0.0877. The van der Waals surface area contributed by atoms with E-state index in [1.807, 2.05) is 0 Å². The molecule has 0 fully saturated rings. The lowest BCUT2D eigenvalue weighted by Gasteiger charge is -2.33. The van der Waals surface area contributed by atoms with Gasteiger partial charge >= 0.3 is 0 Å². The van der Waals surface area contributed by atoms with E-state index in [-0.39, 0.29) is 11.2 Å². The van der Waals surface area contributed by atoms with Gasteiger partial charge in [-0.25, -0.2) is 0 Å². The van der Waals surface area contributed by atoms with E-state index in [1.165, 1.54) is 12.0 Å². The zero-order valence-electron chi connectivity index (χ0n) is 9.47. The smallest absolute Gasteiger partial charge is 0.0851 e. The third-order valence-electron chi connectivity index (χ3n) is 3.31. The molecule has 0 aromatic rings. The van der Waals surface area contributed by atoms with Crippen molar-refractivity contribution < 1.29 is 4.74 Å². The maximum atomic E-state index is 6.25. The van der Waals surface area contributed by atoms with Gasteiger partial charge in [-0.2, -0.15) is 0 Å². The second-order valence-electron chi connectivity index (χ2n) is 5.16. The van der Waals surface area contributed by atoms with Crippen molar-refractivity contribution in [3.05, 3.63) is 23.8 Å². The second kappa shape index (κ2) is 3.23. The van der Waals surface area contributed by atoms with Crippen LogP contribution in [0.25, 0.3) is 0 Å². The Kier molecular flexibility index (Phi) is 2.30. The van der Waals surface area contributed by atoms with Gasteiger partial charge in [0.1, 0.15) is 0 Å². The molecule has 0 saturated carbocycles. The molecule has 0 saturated heterocycles. The predicted octanol–water partition coefficient (Wildman–Crippen LogP) is 3.61. The molecule has 0 aliphatic heterocycles. The van der Waals surface area contributed by atoms with Crippen molar-refractivity contribution in [2.75, 3.05) is 0 Å². The van der Waals surface area contributed by atoms with Gasteiger partial charge in [-0.1, -0.05) is 23.8 Å². The van der Waals surface area contributed by atoms with Gasteiger partial charge in [0, 0.05) is 0 Å². The average Bonchev–Trinajstić information content (AvgIpc) is 2.59.